The minimum Gasteiger partial charge on any atom is -0.493 e. The number of rotatable bonds is 5. The fourth-order valence-electron chi connectivity index (χ4n) is 3.48. The van der Waals surface area contributed by atoms with Gasteiger partial charge < -0.3 is 9.47 Å². The summed E-state index contributed by atoms with van der Waals surface area (Å²) in [6, 6.07) is 12.0. The number of ether oxygens (including phenoxy) is 2. The molecule has 0 bridgehead atoms. The fourth-order valence-corrected chi connectivity index (χ4v) is 5.09. The van der Waals surface area contributed by atoms with Crippen molar-refractivity contribution in [2.24, 2.45) is 0 Å². The first-order valence-electron chi connectivity index (χ1n) is 8.98. The Morgan fingerprint density at radius 3 is 2.62 bits per heavy atom. The Hall–Kier alpha value is -2.55. The highest BCUT2D eigenvalue weighted by Crippen LogP contribution is 2.34. The van der Waals surface area contributed by atoms with Crippen molar-refractivity contribution in [2.75, 3.05) is 20.8 Å². The van der Waals surface area contributed by atoms with E-state index >= 15 is 0 Å². The van der Waals surface area contributed by atoms with Gasteiger partial charge in [0.25, 0.3) is 0 Å². The number of benzene rings is 2. The molecule has 2 heterocycles. The molecule has 0 atom stereocenters. The number of nitrogens with zero attached hydrogens (tertiary/aromatic N) is 2. The second-order valence-corrected chi connectivity index (χ2v) is 9.02. The normalized spacial score (nSPS) is 14.4. The van der Waals surface area contributed by atoms with Gasteiger partial charge >= 0.3 is 0 Å². The summed E-state index contributed by atoms with van der Waals surface area (Å²) in [5.74, 6) is 0.847. The molecule has 9 heteroatoms. The van der Waals surface area contributed by atoms with Crippen LogP contribution in [-0.2, 0) is 23.0 Å². The summed E-state index contributed by atoms with van der Waals surface area (Å²) in [6.45, 7) is 0.589. The molecule has 0 saturated heterocycles. The zero-order valence-electron chi connectivity index (χ0n) is 16.0. The fraction of sp³-hybridized carbons (Fsp3) is 0.250. The van der Waals surface area contributed by atoms with Gasteiger partial charge in [-0.3, -0.25) is 5.10 Å². The number of hydrogen-bond acceptors (Lipinski definition) is 5. The molecule has 0 aliphatic carbocycles. The molecule has 1 aliphatic rings. The molecular formula is C20H20ClN3O4S. The highest BCUT2D eigenvalue weighted by molar-refractivity contribution is 7.89. The van der Waals surface area contributed by atoms with Gasteiger partial charge in [0.1, 0.15) is 0 Å². The predicted octanol–water partition coefficient (Wildman–Crippen LogP) is 3.49. The Bertz CT molecular complexity index is 1160. The number of hydrogen-bond donors (Lipinski definition) is 1. The Kier molecular flexibility index (Phi) is 5.24. The number of halogens is 1. The quantitative estimate of drug-likeness (QED) is 0.665. The first kappa shape index (κ1) is 19.8. The molecule has 0 spiro atoms. The van der Waals surface area contributed by atoms with Crippen molar-refractivity contribution < 1.29 is 17.9 Å². The average molecular weight is 434 g/mol. The molecule has 1 N–H and O–H groups in total. The lowest BCUT2D eigenvalue weighted by Gasteiger charge is -2.26. The molecule has 0 fully saturated rings. The third-order valence-corrected chi connectivity index (χ3v) is 7.07. The molecular weight excluding hydrogens is 414 g/mol. The maximum absolute atomic E-state index is 13.3. The van der Waals surface area contributed by atoms with E-state index in [-0.39, 0.29) is 11.4 Å². The van der Waals surface area contributed by atoms with Crippen molar-refractivity contribution in [1.29, 1.82) is 0 Å². The minimum atomic E-state index is -3.72. The number of nitrogens with one attached hydrogen (secondary N) is 1. The second kappa shape index (κ2) is 7.70. The van der Waals surface area contributed by atoms with E-state index in [4.69, 9.17) is 21.1 Å². The van der Waals surface area contributed by atoms with Crippen LogP contribution in [0.2, 0.25) is 5.02 Å². The Morgan fingerprint density at radius 1 is 1.10 bits per heavy atom. The summed E-state index contributed by atoms with van der Waals surface area (Å²) in [5, 5.41) is 8.05. The van der Waals surface area contributed by atoms with Crippen molar-refractivity contribution >= 4 is 21.6 Å². The summed E-state index contributed by atoms with van der Waals surface area (Å²) in [5.41, 5.74) is 3.37. The molecule has 4 rings (SSSR count). The van der Waals surface area contributed by atoms with E-state index in [1.54, 1.807) is 12.1 Å². The van der Waals surface area contributed by atoms with E-state index in [1.807, 2.05) is 18.2 Å². The molecule has 0 amide bonds. The zero-order chi connectivity index (χ0) is 20.6. The van der Waals surface area contributed by atoms with Crippen molar-refractivity contribution in [1.82, 2.24) is 14.5 Å². The lowest BCUT2D eigenvalue weighted by atomic mass is 10.0. The lowest BCUT2D eigenvalue weighted by Crippen LogP contribution is -2.36. The maximum Gasteiger partial charge on any atom is 0.243 e. The van der Waals surface area contributed by atoms with Gasteiger partial charge in [-0.25, -0.2) is 8.42 Å². The van der Waals surface area contributed by atoms with Crippen LogP contribution in [0.1, 0.15) is 11.3 Å². The number of sulfonamides is 1. The molecule has 1 aromatic heterocycles. The van der Waals surface area contributed by atoms with Crippen LogP contribution in [0.4, 0.5) is 0 Å². The number of methoxy groups -OCH3 is 2. The third-order valence-electron chi connectivity index (χ3n) is 4.99. The summed E-state index contributed by atoms with van der Waals surface area (Å²) in [6.07, 6.45) is 0.551. The Morgan fingerprint density at radius 2 is 1.90 bits per heavy atom. The van der Waals surface area contributed by atoms with Gasteiger partial charge in [0.2, 0.25) is 10.0 Å². The molecule has 7 nitrogen and oxygen atoms in total. The predicted molar refractivity (Wildman–Crippen MR) is 110 cm³/mol. The molecule has 0 radical (unpaired) electrons. The third kappa shape index (κ3) is 3.59. The minimum absolute atomic E-state index is 0.159. The molecule has 3 aromatic rings. The monoisotopic (exact) mass is 433 g/mol. The number of aromatic amines is 1. The van der Waals surface area contributed by atoms with E-state index in [9.17, 15) is 8.42 Å². The number of fused-ring (bicyclic) bond motifs is 1. The van der Waals surface area contributed by atoms with E-state index in [2.05, 4.69) is 10.2 Å². The van der Waals surface area contributed by atoms with Crippen molar-refractivity contribution in [3.8, 4) is 22.8 Å². The summed E-state index contributed by atoms with van der Waals surface area (Å²) in [4.78, 5) is 0.159. The molecule has 1 aliphatic heterocycles. The average Bonchev–Trinajstić information content (AvgIpc) is 3.16. The Labute approximate surface area is 174 Å². The SMILES string of the molecule is COc1ccc(S(=O)(=O)N2CCc3[nH]nc(-c4cccc(Cl)c4)c3C2)cc1OC. The van der Waals surface area contributed by atoms with Crippen LogP contribution >= 0.6 is 11.6 Å². The first-order chi connectivity index (χ1) is 13.9. The molecule has 2 aromatic carbocycles. The van der Waals surface area contributed by atoms with Crippen LogP contribution < -0.4 is 9.47 Å². The van der Waals surface area contributed by atoms with Gasteiger partial charge in [0, 0.05) is 47.4 Å². The topological polar surface area (TPSA) is 84.5 Å². The first-order valence-corrected chi connectivity index (χ1v) is 10.8. The van der Waals surface area contributed by atoms with E-state index < -0.39 is 10.0 Å². The zero-order valence-corrected chi connectivity index (χ0v) is 17.5. The van der Waals surface area contributed by atoms with Crippen LogP contribution in [0.25, 0.3) is 11.3 Å². The van der Waals surface area contributed by atoms with Crippen LogP contribution in [0.5, 0.6) is 11.5 Å². The maximum atomic E-state index is 13.3. The lowest BCUT2D eigenvalue weighted by molar-refractivity contribution is 0.353. The summed E-state index contributed by atoms with van der Waals surface area (Å²) < 4.78 is 38.5. The van der Waals surface area contributed by atoms with Crippen molar-refractivity contribution in [2.45, 2.75) is 17.9 Å². The largest absolute Gasteiger partial charge is 0.493 e. The van der Waals surface area contributed by atoms with Gasteiger partial charge in [0.15, 0.2) is 11.5 Å². The van der Waals surface area contributed by atoms with Crippen molar-refractivity contribution in [3.63, 3.8) is 0 Å². The second-order valence-electron chi connectivity index (χ2n) is 6.65. The highest BCUT2D eigenvalue weighted by Gasteiger charge is 2.32. The number of aromatic nitrogens is 2. The standard InChI is InChI=1S/C20H20ClN3O4S/c1-27-18-7-6-15(11-19(18)28-2)29(25,26)24-9-8-17-16(12-24)20(23-22-17)13-4-3-5-14(21)10-13/h3-7,10-11H,8-9,12H2,1-2H3,(H,22,23). The van der Waals surface area contributed by atoms with Gasteiger partial charge in [-0.2, -0.15) is 9.40 Å². The van der Waals surface area contributed by atoms with Gasteiger partial charge in [0.05, 0.1) is 24.8 Å². The van der Waals surface area contributed by atoms with E-state index in [1.165, 1.54) is 30.7 Å². The van der Waals surface area contributed by atoms with E-state index in [0.29, 0.717) is 29.5 Å². The smallest absolute Gasteiger partial charge is 0.243 e. The van der Waals surface area contributed by atoms with Gasteiger partial charge in [-0.1, -0.05) is 23.7 Å². The molecule has 152 valence electrons. The van der Waals surface area contributed by atoms with Gasteiger partial charge in [-0.15, -0.1) is 0 Å². The molecule has 0 saturated carbocycles. The van der Waals surface area contributed by atoms with Gasteiger partial charge in [-0.05, 0) is 24.3 Å². The highest BCUT2D eigenvalue weighted by atomic mass is 35.5. The van der Waals surface area contributed by atoms with Crippen LogP contribution in [-0.4, -0.2) is 43.7 Å². The molecule has 0 unspecified atom stereocenters. The van der Waals surface area contributed by atoms with Crippen molar-refractivity contribution in [3.05, 3.63) is 58.7 Å². The Balaban J connectivity index is 1.69. The molecule has 29 heavy (non-hydrogen) atoms. The van der Waals surface area contributed by atoms with Crippen LogP contribution in [0.15, 0.2) is 47.4 Å². The summed E-state index contributed by atoms with van der Waals surface area (Å²) in [7, 11) is -0.733. The van der Waals surface area contributed by atoms with Crippen LogP contribution in [0.3, 0.4) is 0 Å². The number of H-pyrrole nitrogens is 1. The van der Waals surface area contributed by atoms with E-state index in [0.717, 1.165) is 22.5 Å². The van der Waals surface area contributed by atoms with Crippen LogP contribution in [0, 0.1) is 0 Å². The summed E-state index contributed by atoms with van der Waals surface area (Å²) >= 11 is 6.11.